The molecule has 3 atom stereocenters. The van der Waals surface area contributed by atoms with Crippen LogP contribution in [-0.2, 0) is 9.84 Å². The van der Waals surface area contributed by atoms with Gasteiger partial charge in [0.05, 0.1) is 4.90 Å². The fourth-order valence-corrected chi connectivity index (χ4v) is 5.31. The maximum atomic E-state index is 13.4. The summed E-state index contributed by atoms with van der Waals surface area (Å²) in [6.45, 7) is 1.84. The Hall–Kier alpha value is -2.50. The Morgan fingerprint density at radius 2 is 1.55 bits per heavy atom. The van der Waals surface area contributed by atoms with Gasteiger partial charge in [-0.25, -0.2) is 12.8 Å². The number of sulfone groups is 1. The largest absolute Gasteiger partial charge is 0.302 e. The van der Waals surface area contributed by atoms with Crippen molar-refractivity contribution in [2.75, 3.05) is 6.26 Å². The molecular formula is C24H24FNO2S. The molecule has 1 aliphatic heterocycles. The van der Waals surface area contributed by atoms with Crippen LogP contribution in [0.3, 0.4) is 0 Å². The zero-order valence-electron chi connectivity index (χ0n) is 16.5. The Morgan fingerprint density at radius 1 is 0.897 bits per heavy atom. The molecule has 0 radical (unpaired) electrons. The first kappa shape index (κ1) is 19.8. The van der Waals surface area contributed by atoms with Crippen molar-refractivity contribution < 1.29 is 12.8 Å². The predicted octanol–water partition coefficient (Wildman–Crippen LogP) is 5.10. The fraction of sp³-hybridized carbons (Fsp3) is 0.250. The van der Waals surface area contributed by atoms with Crippen LogP contribution >= 0.6 is 0 Å². The van der Waals surface area contributed by atoms with Gasteiger partial charge < -0.3 is 5.32 Å². The summed E-state index contributed by atoms with van der Waals surface area (Å²) in [6.07, 6.45) is 2.09. The average Bonchev–Trinajstić information content (AvgIpc) is 3.13. The number of benzene rings is 3. The van der Waals surface area contributed by atoms with E-state index in [0.29, 0.717) is 4.90 Å². The van der Waals surface area contributed by atoms with Crippen molar-refractivity contribution in [3.8, 4) is 0 Å². The van der Waals surface area contributed by atoms with Gasteiger partial charge in [0.25, 0.3) is 0 Å². The van der Waals surface area contributed by atoms with E-state index in [1.165, 1.54) is 24.0 Å². The third-order valence-corrected chi connectivity index (χ3v) is 6.99. The number of rotatable bonds is 4. The Morgan fingerprint density at radius 3 is 2.17 bits per heavy atom. The third-order valence-electron chi connectivity index (χ3n) is 5.73. The molecule has 1 N–H and O–H groups in total. The van der Waals surface area contributed by atoms with Gasteiger partial charge >= 0.3 is 0 Å². The summed E-state index contributed by atoms with van der Waals surface area (Å²) >= 11 is 0. The monoisotopic (exact) mass is 409 g/mol. The van der Waals surface area contributed by atoms with Crippen molar-refractivity contribution in [3.05, 3.63) is 101 Å². The lowest BCUT2D eigenvalue weighted by molar-refractivity contribution is 0.552. The SMILES string of the molecule is Cc1cc(C2CC(c3ccc(F)cc3)NC2c2ccccc2)ccc1S(C)(=O)=O. The van der Waals surface area contributed by atoms with Crippen LogP contribution in [0.2, 0.25) is 0 Å². The average molecular weight is 410 g/mol. The molecule has 0 aromatic heterocycles. The van der Waals surface area contributed by atoms with E-state index in [2.05, 4.69) is 17.4 Å². The molecule has 1 fully saturated rings. The molecule has 5 heteroatoms. The molecule has 3 aromatic rings. The molecule has 1 heterocycles. The molecule has 3 nitrogen and oxygen atoms in total. The van der Waals surface area contributed by atoms with E-state index in [0.717, 1.165) is 23.1 Å². The maximum Gasteiger partial charge on any atom is 0.175 e. The summed E-state index contributed by atoms with van der Waals surface area (Å²) in [5.41, 5.74) is 4.12. The van der Waals surface area contributed by atoms with Crippen molar-refractivity contribution >= 4 is 9.84 Å². The number of hydrogen-bond donors (Lipinski definition) is 1. The van der Waals surface area contributed by atoms with Crippen LogP contribution in [0.15, 0.2) is 77.7 Å². The molecule has 0 bridgehead atoms. The van der Waals surface area contributed by atoms with Crippen LogP contribution in [0.5, 0.6) is 0 Å². The molecule has 0 spiro atoms. The van der Waals surface area contributed by atoms with Crippen molar-refractivity contribution in [1.82, 2.24) is 5.32 Å². The van der Waals surface area contributed by atoms with Crippen molar-refractivity contribution in [1.29, 1.82) is 0 Å². The lowest BCUT2D eigenvalue weighted by Crippen LogP contribution is -2.19. The minimum absolute atomic E-state index is 0.0923. The first-order valence-corrected chi connectivity index (χ1v) is 11.6. The summed E-state index contributed by atoms with van der Waals surface area (Å²) in [4.78, 5) is 0.374. The highest BCUT2D eigenvalue weighted by atomic mass is 32.2. The van der Waals surface area contributed by atoms with Crippen LogP contribution in [0, 0.1) is 12.7 Å². The number of halogens is 1. The molecule has 150 valence electrons. The zero-order valence-corrected chi connectivity index (χ0v) is 17.3. The van der Waals surface area contributed by atoms with Gasteiger partial charge in [0.2, 0.25) is 0 Å². The van der Waals surface area contributed by atoms with Crippen LogP contribution in [-0.4, -0.2) is 14.7 Å². The highest BCUT2D eigenvalue weighted by molar-refractivity contribution is 7.90. The van der Waals surface area contributed by atoms with Crippen LogP contribution in [0.1, 0.15) is 46.7 Å². The van der Waals surface area contributed by atoms with E-state index in [1.807, 2.05) is 49.4 Å². The summed E-state index contributed by atoms with van der Waals surface area (Å²) in [5, 5.41) is 3.72. The van der Waals surface area contributed by atoms with Gasteiger partial charge in [0, 0.05) is 24.3 Å². The second kappa shape index (κ2) is 7.73. The van der Waals surface area contributed by atoms with E-state index in [-0.39, 0.29) is 23.8 Å². The van der Waals surface area contributed by atoms with Gasteiger partial charge in [-0.3, -0.25) is 0 Å². The number of aryl methyl sites for hydroxylation is 1. The smallest absolute Gasteiger partial charge is 0.175 e. The Kier molecular flexibility index (Phi) is 5.28. The molecule has 3 aromatic carbocycles. The second-order valence-corrected chi connectivity index (χ2v) is 9.78. The quantitative estimate of drug-likeness (QED) is 0.652. The lowest BCUT2D eigenvalue weighted by atomic mass is 9.86. The minimum Gasteiger partial charge on any atom is -0.302 e. The summed E-state index contributed by atoms with van der Waals surface area (Å²) in [5.74, 6) is -0.0605. The minimum atomic E-state index is -3.25. The Bertz CT molecular complexity index is 1110. The van der Waals surface area contributed by atoms with E-state index >= 15 is 0 Å². The lowest BCUT2D eigenvalue weighted by Gasteiger charge is -2.21. The van der Waals surface area contributed by atoms with Gasteiger partial charge in [0.15, 0.2) is 9.84 Å². The summed E-state index contributed by atoms with van der Waals surface area (Å²) in [6, 6.07) is 22.7. The third kappa shape index (κ3) is 4.11. The number of hydrogen-bond acceptors (Lipinski definition) is 3. The maximum absolute atomic E-state index is 13.4. The summed E-state index contributed by atoms with van der Waals surface area (Å²) in [7, 11) is -3.25. The first-order valence-electron chi connectivity index (χ1n) is 9.70. The van der Waals surface area contributed by atoms with Crippen molar-refractivity contribution in [2.45, 2.75) is 36.2 Å². The van der Waals surface area contributed by atoms with Gasteiger partial charge in [-0.2, -0.15) is 0 Å². The first-order chi connectivity index (χ1) is 13.8. The standard InChI is InChI=1S/C24H24FNO2S/c1-16-14-19(10-13-23(16)29(2,27)28)21-15-22(17-8-11-20(25)12-9-17)26-24(21)18-6-4-3-5-7-18/h3-14,21-22,24,26H,15H2,1-2H3. The van der Waals surface area contributed by atoms with Gasteiger partial charge in [0.1, 0.15) is 5.82 Å². The predicted molar refractivity (Wildman–Crippen MR) is 113 cm³/mol. The summed E-state index contributed by atoms with van der Waals surface area (Å²) < 4.78 is 37.4. The van der Waals surface area contributed by atoms with E-state index < -0.39 is 9.84 Å². The Labute approximate surface area is 171 Å². The van der Waals surface area contributed by atoms with Gasteiger partial charge in [-0.15, -0.1) is 0 Å². The van der Waals surface area contributed by atoms with E-state index in [1.54, 1.807) is 6.07 Å². The molecule has 4 rings (SSSR count). The van der Waals surface area contributed by atoms with E-state index in [9.17, 15) is 12.8 Å². The molecule has 0 amide bonds. The van der Waals surface area contributed by atoms with Crippen molar-refractivity contribution in [3.63, 3.8) is 0 Å². The van der Waals surface area contributed by atoms with Gasteiger partial charge in [-0.05, 0) is 53.8 Å². The topological polar surface area (TPSA) is 46.2 Å². The molecule has 1 aliphatic rings. The molecule has 29 heavy (non-hydrogen) atoms. The van der Waals surface area contributed by atoms with E-state index in [4.69, 9.17) is 0 Å². The zero-order chi connectivity index (χ0) is 20.6. The fourth-order valence-electron chi connectivity index (χ4n) is 4.36. The molecule has 0 saturated carbocycles. The highest BCUT2D eigenvalue weighted by Gasteiger charge is 2.36. The highest BCUT2D eigenvalue weighted by Crippen LogP contribution is 2.45. The molecular weight excluding hydrogens is 385 g/mol. The Balaban J connectivity index is 1.72. The number of nitrogens with one attached hydrogen (secondary N) is 1. The van der Waals surface area contributed by atoms with Crippen LogP contribution in [0.4, 0.5) is 4.39 Å². The molecule has 0 aliphatic carbocycles. The molecule has 3 unspecified atom stereocenters. The van der Waals surface area contributed by atoms with Crippen molar-refractivity contribution in [2.24, 2.45) is 0 Å². The van der Waals surface area contributed by atoms with Crippen LogP contribution in [0.25, 0.3) is 0 Å². The van der Waals surface area contributed by atoms with Gasteiger partial charge in [-0.1, -0.05) is 54.6 Å². The molecule has 1 saturated heterocycles. The second-order valence-electron chi connectivity index (χ2n) is 7.80. The van der Waals surface area contributed by atoms with Crippen LogP contribution < -0.4 is 5.32 Å². The normalized spacial score (nSPS) is 22.0.